The minimum atomic E-state index is -0.218. The van der Waals surface area contributed by atoms with Crippen LogP contribution < -0.4 is 15.4 Å². The van der Waals surface area contributed by atoms with Gasteiger partial charge < -0.3 is 20.1 Å². The van der Waals surface area contributed by atoms with Gasteiger partial charge in [-0.15, -0.1) is 0 Å². The maximum absolute atomic E-state index is 13.8. The van der Waals surface area contributed by atoms with Gasteiger partial charge in [0.25, 0.3) is 0 Å². The van der Waals surface area contributed by atoms with Gasteiger partial charge in [-0.1, -0.05) is 30.3 Å². The van der Waals surface area contributed by atoms with Crippen molar-refractivity contribution >= 4 is 5.96 Å². The summed E-state index contributed by atoms with van der Waals surface area (Å²) in [6.45, 7) is 2.56. The molecule has 6 heteroatoms. The average Bonchev–Trinajstić information content (AvgIpc) is 2.75. The van der Waals surface area contributed by atoms with Crippen molar-refractivity contribution in [1.29, 1.82) is 0 Å². The minimum Gasteiger partial charge on any atom is -0.497 e. The Morgan fingerprint density at radius 2 is 1.82 bits per heavy atom. The molecule has 0 amide bonds. The molecule has 0 spiro atoms. The van der Waals surface area contributed by atoms with Crippen LogP contribution in [0.1, 0.15) is 24.0 Å². The highest BCUT2D eigenvalue weighted by Crippen LogP contribution is 2.35. The lowest BCUT2D eigenvalue weighted by Gasteiger charge is -2.38. The maximum Gasteiger partial charge on any atom is 0.191 e. The first-order valence-corrected chi connectivity index (χ1v) is 9.57. The van der Waals surface area contributed by atoms with Gasteiger partial charge in [0.15, 0.2) is 5.96 Å². The van der Waals surface area contributed by atoms with Crippen LogP contribution in [0.15, 0.2) is 53.5 Å². The Labute approximate surface area is 166 Å². The molecule has 1 aliphatic rings. The highest BCUT2D eigenvalue weighted by molar-refractivity contribution is 5.79. The van der Waals surface area contributed by atoms with Crippen LogP contribution in [-0.2, 0) is 16.7 Å². The summed E-state index contributed by atoms with van der Waals surface area (Å²) in [5, 5.41) is 6.63. The summed E-state index contributed by atoms with van der Waals surface area (Å²) in [5.74, 6) is 1.29. The molecular weight excluding hydrogens is 357 g/mol. The Bertz CT molecular complexity index is 787. The average molecular weight is 385 g/mol. The van der Waals surface area contributed by atoms with E-state index >= 15 is 0 Å². The van der Waals surface area contributed by atoms with Crippen LogP contribution in [0, 0.1) is 5.82 Å². The lowest BCUT2D eigenvalue weighted by molar-refractivity contribution is 0.0513. The number of benzene rings is 2. The monoisotopic (exact) mass is 385 g/mol. The van der Waals surface area contributed by atoms with Crippen LogP contribution in [0.2, 0.25) is 0 Å². The van der Waals surface area contributed by atoms with Gasteiger partial charge in [0.1, 0.15) is 11.6 Å². The third kappa shape index (κ3) is 4.81. The number of hydrogen-bond donors (Lipinski definition) is 2. The Balaban J connectivity index is 1.67. The van der Waals surface area contributed by atoms with Gasteiger partial charge in [0.05, 0.1) is 7.11 Å². The molecule has 0 saturated carbocycles. The molecule has 0 atom stereocenters. The van der Waals surface area contributed by atoms with Crippen molar-refractivity contribution in [1.82, 2.24) is 10.6 Å². The molecule has 2 N–H and O–H groups in total. The van der Waals surface area contributed by atoms with Gasteiger partial charge >= 0.3 is 0 Å². The van der Waals surface area contributed by atoms with E-state index in [0.29, 0.717) is 18.1 Å². The van der Waals surface area contributed by atoms with Crippen LogP contribution in [0.25, 0.3) is 0 Å². The molecule has 0 aromatic heterocycles. The zero-order valence-electron chi connectivity index (χ0n) is 16.5. The molecule has 0 bridgehead atoms. The molecule has 5 nitrogen and oxygen atoms in total. The Morgan fingerprint density at radius 3 is 2.46 bits per heavy atom. The molecule has 2 aromatic carbocycles. The molecule has 28 heavy (non-hydrogen) atoms. The Morgan fingerprint density at radius 1 is 1.11 bits per heavy atom. The number of nitrogens with one attached hydrogen (secondary N) is 2. The minimum absolute atomic E-state index is 0.0415. The summed E-state index contributed by atoms with van der Waals surface area (Å²) in [5.41, 5.74) is 1.83. The fourth-order valence-corrected chi connectivity index (χ4v) is 3.57. The van der Waals surface area contributed by atoms with Gasteiger partial charge in [-0.3, -0.25) is 4.99 Å². The first-order valence-electron chi connectivity index (χ1n) is 9.57. The summed E-state index contributed by atoms with van der Waals surface area (Å²) in [6, 6.07) is 15.0. The van der Waals surface area contributed by atoms with Crippen LogP contribution in [-0.4, -0.2) is 39.9 Å². The number of guanidine groups is 1. The van der Waals surface area contributed by atoms with Gasteiger partial charge in [-0.25, -0.2) is 4.39 Å². The van der Waals surface area contributed by atoms with Gasteiger partial charge in [0.2, 0.25) is 0 Å². The summed E-state index contributed by atoms with van der Waals surface area (Å²) >= 11 is 0. The molecule has 1 aliphatic heterocycles. The van der Waals surface area contributed by atoms with Crippen LogP contribution in [0.4, 0.5) is 4.39 Å². The highest BCUT2D eigenvalue weighted by atomic mass is 19.1. The summed E-state index contributed by atoms with van der Waals surface area (Å²) in [7, 11) is 3.40. The smallest absolute Gasteiger partial charge is 0.191 e. The van der Waals surface area contributed by atoms with E-state index in [-0.39, 0.29) is 11.2 Å². The molecule has 0 unspecified atom stereocenters. The predicted molar refractivity (Wildman–Crippen MR) is 109 cm³/mol. The topological polar surface area (TPSA) is 54.9 Å². The summed E-state index contributed by atoms with van der Waals surface area (Å²) in [4.78, 5) is 4.29. The van der Waals surface area contributed by atoms with Gasteiger partial charge in [0, 0.05) is 44.3 Å². The first-order chi connectivity index (χ1) is 13.7. The maximum atomic E-state index is 13.8. The SMILES string of the molecule is CN=C(NCc1ccccc1F)NCC1(c2ccc(OC)cc2)CCOCC1. The van der Waals surface area contributed by atoms with Gasteiger partial charge in [-0.2, -0.15) is 0 Å². The molecular formula is C22H28FN3O2. The van der Waals surface area contributed by atoms with Crippen LogP contribution in [0.3, 0.4) is 0 Å². The zero-order valence-corrected chi connectivity index (χ0v) is 16.5. The zero-order chi connectivity index (χ0) is 19.8. The Hall–Kier alpha value is -2.60. The number of halogens is 1. The summed E-state index contributed by atoms with van der Waals surface area (Å²) < 4.78 is 24.7. The highest BCUT2D eigenvalue weighted by Gasteiger charge is 2.34. The number of nitrogens with zero attached hydrogens (tertiary/aromatic N) is 1. The summed E-state index contributed by atoms with van der Waals surface area (Å²) in [6.07, 6.45) is 1.85. The predicted octanol–water partition coefficient (Wildman–Crippen LogP) is 3.25. The second kappa shape index (κ2) is 9.55. The fourth-order valence-electron chi connectivity index (χ4n) is 3.57. The number of methoxy groups -OCH3 is 1. The third-order valence-electron chi connectivity index (χ3n) is 5.37. The largest absolute Gasteiger partial charge is 0.497 e. The molecule has 2 aromatic rings. The van der Waals surface area contributed by atoms with E-state index in [1.165, 1.54) is 11.6 Å². The number of ether oxygens (including phenoxy) is 2. The van der Waals surface area contributed by atoms with Crippen molar-refractivity contribution in [3.05, 3.63) is 65.5 Å². The van der Waals surface area contributed by atoms with Crippen molar-refractivity contribution in [2.45, 2.75) is 24.8 Å². The standard InChI is InChI=1S/C22H28FN3O2/c1-24-21(25-15-17-5-3-4-6-20(17)23)26-16-22(11-13-28-14-12-22)18-7-9-19(27-2)10-8-18/h3-10H,11-16H2,1-2H3,(H2,24,25,26). The van der Waals surface area contributed by atoms with E-state index in [1.54, 1.807) is 26.3 Å². The quantitative estimate of drug-likeness (QED) is 0.592. The second-order valence-electron chi connectivity index (χ2n) is 6.99. The van der Waals surface area contributed by atoms with E-state index in [2.05, 4.69) is 27.8 Å². The number of hydrogen-bond acceptors (Lipinski definition) is 3. The van der Waals surface area contributed by atoms with Crippen molar-refractivity contribution in [3.63, 3.8) is 0 Å². The lowest BCUT2D eigenvalue weighted by atomic mass is 9.74. The van der Waals surface area contributed by atoms with Crippen molar-refractivity contribution in [2.75, 3.05) is 33.9 Å². The second-order valence-corrected chi connectivity index (χ2v) is 6.99. The van der Waals surface area contributed by atoms with Gasteiger partial charge in [-0.05, 0) is 36.6 Å². The van der Waals surface area contributed by atoms with Crippen molar-refractivity contribution in [2.24, 2.45) is 4.99 Å². The molecule has 0 radical (unpaired) electrons. The molecule has 1 saturated heterocycles. The van der Waals surface area contributed by atoms with Crippen molar-refractivity contribution in [3.8, 4) is 5.75 Å². The molecule has 3 rings (SSSR count). The molecule has 1 heterocycles. The number of aliphatic imine (C=N–C) groups is 1. The van der Waals surface area contributed by atoms with E-state index in [4.69, 9.17) is 9.47 Å². The third-order valence-corrected chi connectivity index (χ3v) is 5.37. The molecule has 150 valence electrons. The van der Waals surface area contributed by atoms with Crippen LogP contribution in [0.5, 0.6) is 5.75 Å². The first kappa shape index (κ1) is 20.1. The molecule has 0 aliphatic carbocycles. The normalized spacial score (nSPS) is 16.5. The van der Waals surface area contributed by atoms with Crippen molar-refractivity contribution < 1.29 is 13.9 Å². The van der Waals surface area contributed by atoms with E-state index in [0.717, 1.165) is 38.3 Å². The number of rotatable bonds is 6. The van der Waals surface area contributed by atoms with E-state index < -0.39 is 0 Å². The van der Waals surface area contributed by atoms with Crippen LogP contribution >= 0.6 is 0 Å². The Kier molecular flexibility index (Phi) is 6.87. The fraction of sp³-hybridized carbons (Fsp3) is 0.409. The lowest BCUT2D eigenvalue weighted by Crippen LogP contribution is -2.48. The van der Waals surface area contributed by atoms with E-state index in [9.17, 15) is 4.39 Å². The molecule has 1 fully saturated rings. The van der Waals surface area contributed by atoms with E-state index in [1.807, 2.05) is 18.2 Å².